The van der Waals surface area contributed by atoms with Crippen LogP contribution in [0.2, 0.25) is 0 Å². The van der Waals surface area contributed by atoms with Crippen LogP contribution in [0.3, 0.4) is 0 Å². The van der Waals surface area contributed by atoms with Gasteiger partial charge in [0.25, 0.3) is 0 Å². The van der Waals surface area contributed by atoms with Crippen LogP contribution in [0, 0.1) is 5.82 Å². The number of carbonyl (C=O) groups is 1. The van der Waals surface area contributed by atoms with Gasteiger partial charge in [-0.05, 0) is 48.4 Å². The number of rotatable bonds is 3. The lowest BCUT2D eigenvalue weighted by Crippen LogP contribution is -2.38. The highest BCUT2D eigenvalue weighted by atomic mass is 79.9. The standard InChI is InChI=1S/C17H16BrFN2O/c1-21(14-8-6-13(19)7-9-14)17(22)20-16-10-15(16)11-2-4-12(18)5-3-11/h2-9,15-16H,10H2,1H3,(H,20,22)/t15-,16+/m0/s1. The van der Waals surface area contributed by atoms with Crippen molar-refractivity contribution in [2.75, 3.05) is 11.9 Å². The number of urea groups is 1. The van der Waals surface area contributed by atoms with Gasteiger partial charge in [-0.15, -0.1) is 0 Å². The van der Waals surface area contributed by atoms with Gasteiger partial charge in [-0.25, -0.2) is 9.18 Å². The second-order valence-electron chi connectivity index (χ2n) is 5.49. The first-order valence-electron chi connectivity index (χ1n) is 7.10. The molecular weight excluding hydrogens is 347 g/mol. The molecule has 22 heavy (non-hydrogen) atoms. The molecule has 0 radical (unpaired) electrons. The maximum atomic E-state index is 12.9. The number of hydrogen-bond donors (Lipinski definition) is 1. The Morgan fingerprint density at radius 1 is 1.18 bits per heavy atom. The first-order valence-corrected chi connectivity index (χ1v) is 7.89. The monoisotopic (exact) mass is 362 g/mol. The summed E-state index contributed by atoms with van der Waals surface area (Å²) in [5.74, 6) is 0.0636. The van der Waals surface area contributed by atoms with Gasteiger partial charge in [0.05, 0.1) is 0 Å². The predicted molar refractivity (Wildman–Crippen MR) is 88.6 cm³/mol. The Morgan fingerprint density at radius 2 is 1.82 bits per heavy atom. The van der Waals surface area contributed by atoms with Crippen molar-refractivity contribution >= 4 is 27.6 Å². The van der Waals surface area contributed by atoms with Crippen LogP contribution < -0.4 is 10.2 Å². The van der Waals surface area contributed by atoms with Crippen LogP contribution in [0.25, 0.3) is 0 Å². The van der Waals surface area contributed by atoms with E-state index in [2.05, 4.69) is 33.4 Å². The van der Waals surface area contributed by atoms with Crippen molar-refractivity contribution in [1.29, 1.82) is 0 Å². The highest BCUT2D eigenvalue weighted by molar-refractivity contribution is 9.10. The molecule has 3 rings (SSSR count). The van der Waals surface area contributed by atoms with Gasteiger partial charge >= 0.3 is 6.03 Å². The summed E-state index contributed by atoms with van der Waals surface area (Å²) in [6, 6.07) is 14.0. The van der Waals surface area contributed by atoms with Crippen molar-refractivity contribution in [2.24, 2.45) is 0 Å². The highest BCUT2D eigenvalue weighted by Crippen LogP contribution is 2.41. The van der Waals surface area contributed by atoms with Crippen molar-refractivity contribution in [3.8, 4) is 0 Å². The molecule has 114 valence electrons. The minimum atomic E-state index is -0.310. The van der Waals surface area contributed by atoms with Gasteiger partial charge in [0.2, 0.25) is 0 Å². The molecule has 2 atom stereocenters. The van der Waals surface area contributed by atoms with E-state index >= 15 is 0 Å². The normalized spacial score (nSPS) is 19.6. The van der Waals surface area contributed by atoms with Crippen LogP contribution in [0.4, 0.5) is 14.9 Å². The van der Waals surface area contributed by atoms with Gasteiger partial charge in [0.1, 0.15) is 5.82 Å². The molecule has 0 aliphatic heterocycles. The lowest BCUT2D eigenvalue weighted by atomic mass is 10.1. The van der Waals surface area contributed by atoms with E-state index in [0.717, 1.165) is 10.9 Å². The predicted octanol–water partition coefficient (Wildman–Crippen LogP) is 4.29. The van der Waals surface area contributed by atoms with Crippen molar-refractivity contribution in [1.82, 2.24) is 5.32 Å². The molecule has 2 aromatic rings. The molecule has 0 spiro atoms. The SMILES string of the molecule is CN(C(=O)N[C@@H]1C[C@H]1c1ccc(Br)cc1)c1ccc(F)cc1. The summed E-state index contributed by atoms with van der Waals surface area (Å²) in [5, 5.41) is 3.01. The Kier molecular flexibility index (Phi) is 4.16. The number of amides is 2. The molecule has 1 N–H and O–H groups in total. The molecule has 0 heterocycles. The number of benzene rings is 2. The molecule has 0 aromatic heterocycles. The minimum Gasteiger partial charge on any atom is -0.334 e. The van der Waals surface area contributed by atoms with Crippen LogP contribution in [-0.2, 0) is 0 Å². The van der Waals surface area contributed by atoms with Gasteiger partial charge in [-0.1, -0.05) is 28.1 Å². The molecule has 1 fully saturated rings. The first-order chi connectivity index (χ1) is 10.5. The number of hydrogen-bond acceptors (Lipinski definition) is 1. The fraction of sp³-hybridized carbons (Fsp3) is 0.235. The van der Waals surface area contributed by atoms with Crippen molar-refractivity contribution in [3.05, 3.63) is 64.4 Å². The average Bonchev–Trinajstić information content (AvgIpc) is 3.27. The molecule has 0 unspecified atom stereocenters. The van der Waals surface area contributed by atoms with Crippen LogP contribution in [0.15, 0.2) is 53.0 Å². The second kappa shape index (κ2) is 6.08. The van der Waals surface area contributed by atoms with Crippen molar-refractivity contribution < 1.29 is 9.18 Å². The van der Waals surface area contributed by atoms with E-state index in [4.69, 9.17) is 0 Å². The van der Waals surface area contributed by atoms with E-state index in [0.29, 0.717) is 11.6 Å². The van der Waals surface area contributed by atoms with Gasteiger partial charge in [-0.3, -0.25) is 4.90 Å². The zero-order valence-electron chi connectivity index (χ0n) is 12.1. The Hall–Kier alpha value is -1.88. The minimum absolute atomic E-state index is 0.163. The second-order valence-corrected chi connectivity index (χ2v) is 6.40. The van der Waals surface area contributed by atoms with Gasteiger partial charge in [0.15, 0.2) is 0 Å². The average molecular weight is 363 g/mol. The number of anilines is 1. The summed E-state index contributed by atoms with van der Waals surface area (Å²) in [6.45, 7) is 0. The molecule has 1 saturated carbocycles. The van der Waals surface area contributed by atoms with Crippen molar-refractivity contribution in [2.45, 2.75) is 18.4 Å². The quantitative estimate of drug-likeness (QED) is 0.867. The molecule has 0 saturated heterocycles. The third kappa shape index (κ3) is 3.30. The fourth-order valence-electron chi connectivity index (χ4n) is 2.47. The largest absolute Gasteiger partial charge is 0.334 e. The van der Waals surface area contributed by atoms with Crippen LogP contribution in [0.1, 0.15) is 17.9 Å². The Bertz CT molecular complexity index is 672. The number of carbonyl (C=O) groups excluding carboxylic acids is 1. The maximum absolute atomic E-state index is 12.9. The summed E-state index contributed by atoms with van der Waals surface area (Å²) in [4.78, 5) is 13.7. The van der Waals surface area contributed by atoms with Crippen LogP contribution in [-0.4, -0.2) is 19.1 Å². The lowest BCUT2D eigenvalue weighted by molar-refractivity contribution is 0.247. The molecule has 0 bridgehead atoms. The summed E-state index contributed by atoms with van der Waals surface area (Å²) in [7, 11) is 1.68. The number of halogens is 2. The zero-order chi connectivity index (χ0) is 15.7. The maximum Gasteiger partial charge on any atom is 0.321 e. The number of nitrogens with one attached hydrogen (secondary N) is 1. The molecular formula is C17H16BrFN2O. The molecule has 3 nitrogen and oxygen atoms in total. The summed E-state index contributed by atoms with van der Waals surface area (Å²) >= 11 is 3.42. The molecule has 5 heteroatoms. The fourth-order valence-corrected chi connectivity index (χ4v) is 2.73. The summed E-state index contributed by atoms with van der Waals surface area (Å²) in [6.07, 6.45) is 0.949. The summed E-state index contributed by atoms with van der Waals surface area (Å²) < 4.78 is 14.0. The Morgan fingerprint density at radius 3 is 2.45 bits per heavy atom. The third-order valence-electron chi connectivity index (χ3n) is 3.92. The van der Waals surface area contributed by atoms with E-state index in [1.807, 2.05) is 12.1 Å². The Balaban J connectivity index is 1.59. The Labute approximate surface area is 137 Å². The van der Waals surface area contributed by atoms with Gasteiger partial charge < -0.3 is 5.32 Å². The third-order valence-corrected chi connectivity index (χ3v) is 4.44. The molecule has 2 aromatic carbocycles. The zero-order valence-corrected chi connectivity index (χ0v) is 13.7. The van der Waals surface area contributed by atoms with E-state index in [9.17, 15) is 9.18 Å². The molecule has 2 amide bonds. The van der Waals surface area contributed by atoms with Crippen LogP contribution >= 0.6 is 15.9 Å². The first kappa shape index (κ1) is 15.0. The molecule has 1 aliphatic rings. The number of nitrogens with zero attached hydrogens (tertiary/aromatic N) is 1. The van der Waals surface area contributed by atoms with Crippen LogP contribution in [0.5, 0.6) is 0 Å². The van der Waals surface area contributed by atoms with Crippen molar-refractivity contribution in [3.63, 3.8) is 0 Å². The molecule has 1 aliphatic carbocycles. The lowest BCUT2D eigenvalue weighted by Gasteiger charge is -2.18. The van der Waals surface area contributed by atoms with Gasteiger partial charge in [-0.2, -0.15) is 0 Å². The van der Waals surface area contributed by atoms with E-state index in [1.165, 1.54) is 22.6 Å². The van der Waals surface area contributed by atoms with E-state index in [-0.39, 0.29) is 17.9 Å². The summed E-state index contributed by atoms with van der Waals surface area (Å²) in [5.41, 5.74) is 1.90. The van der Waals surface area contributed by atoms with E-state index in [1.54, 1.807) is 19.2 Å². The highest BCUT2D eigenvalue weighted by Gasteiger charge is 2.39. The smallest absolute Gasteiger partial charge is 0.321 e. The van der Waals surface area contributed by atoms with Gasteiger partial charge in [0, 0.05) is 29.2 Å². The topological polar surface area (TPSA) is 32.3 Å². The van der Waals surface area contributed by atoms with E-state index < -0.39 is 0 Å².